The van der Waals surface area contributed by atoms with Gasteiger partial charge in [-0.15, -0.1) is 0 Å². The van der Waals surface area contributed by atoms with E-state index in [0.717, 1.165) is 12.1 Å². The first-order valence-electron chi connectivity index (χ1n) is 15.5. The summed E-state index contributed by atoms with van der Waals surface area (Å²) in [6.07, 6.45) is -0.254. The third kappa shape index (κ3) is 5.56. The van der Waals surface area contributed by atoms with E-state index in [4.69, 9.17) is 5.73 Å². The van der Waals surface area contributed by atoms with Crippen LogP contribution in [-0.2, 0) is 6.54 Å². The number of rotatable bonds is 8. The van der Waals surface area contributed by atoms with Crippen molar-refractivity contribution in [1.82, 2.24) is 15.0 Å². The number of nitrogens with one attached hydrogen (secondary N) is 1. The fourth-order valence-corrected chi connectivity index (χ4v) is 6.64. The molecule has 0 radical (unpaired) electrons. The Bertz CT molecular complexity index is 2110. The maximum Gasteiger partial charge on any atom is 0.0940 e. The highest BCUT2D eigenvalue weighted by atomic mass is 15.5. The van der Waals surface area contributed by atoms with E-state index >= 15 is 0 Å². The second-order valence-corrected chi connectivity index (χ2v) is 11.9. The maximum absolute atomic E-state index is 6.39. The van der Waals surface area contributed by atoms with Crippen LogP contribution in [-0.4, -0.2) is 16.6 Å². The Morgan fingerprint density at radius 2 is 1.29 bits per heavy atom. The van der Waals surface area contributed by atoms with Crippen molar-refractivity contribution in [3.05, 3.63) is 162 Å². The van der Waals surface area contributed by atoms with Gasteiger partial charge in [-0.25, -0.2) is 10.4 Å². The van der Waals surface area contributed by atoms with Gasteiger partial charge >= 0.3 is 0 Å². The molecular formula is C41H38N4. The lowest BCUT2D eigenvalue weighted by Crippen LogP contribution is -2.40. The molecule has 0 saturated carbocycles. The summed E-state index contributed by atoms with van der Waals surface area (Å²) >= 11 is 0. The van der Waals surface area contributed by atoms with Crippen LogP contribution >= 0.6 is 0 Å². The summed E-state index contributed by atoms with van der Waals surface area (Å²) in [5, 5.41) is 4.59. The van der Waals surface area contributed by atoms with Gasteiger partial charge in [-0.1, -0.05) is 121 Å². The van der Waals surface area contributed by atoms with Gasteiger partial charge in [-0.3, -0.25) is 0 Å². The summed E-state index contributed by atoms with van der Waals surface area (Å²) in [6, 6.07) is 49.9. The molecule has 45 heavy (non-hydrogen) atoms. The number of fused-ring (bicyclic) bond motifs is 3. The minimum Gasteiger partial charge on any atom is -0.311 e. The molecule has 1 atom stereocenters. The van der Waals surface area contributed by atoms with Gasteiger partial charge in [0.05, 0.1) is 17.2 Å². The molecule has 4 heteroatoms. The molecule has 0 saturated heterocycles. The lowest BCUT2D eigenvalue weighted by atomic mass is 9.94. The van der Waals surface area contributed by atoms with E-state index in [9.17, 15) is 0 Å². The molecule has 7 aromatic rings. The number of hydrazine groups is 1. The second-order valence-electron chi connectivity index (χ2n) is 11.9. The highest BCUT2D eigenvalue weighted by Crippen LogP contribution is 2.39. The molecular weight excluding hydrogens is 548 g/mol. The topological polar surface area (TPSA) is 46.2 Å². The molecule has 1 aromatic heterocycles. The molecule has 7 rings (SSSR count). The van der Waals surface area contributed by atoms with Crippen molar-refractivity contribution in [3.8, 4) is 27.9 Å². The van der Waals surface area contributed by atoms with Gasteiger partial charge in [-0.05, 0) is 71.0 Å². The largest absolute Gasteiger partial charge is 0.311 e. The molecule has 0 aliphatic rings. The number of nitrogens with two attached hydrogens (primary N) is 1. The Labute approximate surface area is 265 Å². The van der Waals surface area contributed by atoms with Crippen LogP contribution in [0.15, 0.2) is 140 Å². The minimum absolute atomic E-state index is 0.254. The zero-order valence-corrected chi connectivity index (χ0v) is 26.0. The van der Waals surface area contributed by atoms with Crippen molar-refractivity contribution in [3.63, 3.8) is 0 Å². The fraction of sp³-hybridized carbons (Fsp3) is 0.122. The van der Waals surface area contributed by atoms with Crippen molar-refractivity contribution in [1.29, 1.82) is 0 Å². The summed E-state index contributed by atoms with van der Waals surface area (Å²) in [7, 11) is 2.03. The predicted octanol–water partition coefficient (Wildman–Crippen LogP) is 9.33. The molecule has 4 nitrogen and oxygen atoms in total. The van der Waals surface area contributed by atoms with Crippen LogP contribution < -0.4 is 11.2 Å². The monoisotopic (exact) mass is 586 g/mol. The van der Waals surface area contributed by atoms with Gasteiger partial charge < -0.3 is 10.3 Å². The lowest BCUT2D eigenvalue weighted by molar-refractivity contribution is 0.191. The van der Waals surface area contributed by atoms with E-state index in [0.29, 0.717) is 0 Å². The number of hydrogen-bond acceptors (Lipinski definition) is 3. The van der Waals surface area contributed by atoms with Gasteiger partial charge in [-0.2, -0.15) is 0 Å². The van der Waals surface area contributed by atoms with E-state index in [1.807, 2.05) is 37.4 Å². The molecule has 0 fully saturated rings. The van der Waals surface area contributed by atoms with E-state index in [2.05, 4.69) is 138 Å². The number of hydrogen-bond donors (Lipinski definition) is 2. The normalized spacial score (nSPS) is 12.3. The summed E-state index contributed by atoms with van der Waals surface area (Å²) in [5.41, 5.74) is 23.2. The van der Waals surface area contributed by atoms with Crippen LogP contribution in [0.25, 0.3) is 49.7 Å². The molecule has 0 amide bonds. The van der Waals surface area contributed by atoms with Crippen LogP contribution in [0.3, 0.4) is 0 Å². The molecule has 3 N–H and O–H groups in total. The zero-order valence-electron chi connectivity index (χ0n) is 26.0. The molecule has 1 heterocycles. The summed E-state index contributed by atoms with van der Waals surface area (Å²) in [4.78, 5) is 0. The number of aromatic nitrogens is 1. The second kappa shape index (κ2) is 12.2. The molecule has 0 aliphatic heterocycles. The van der Waals surface area contributed by atoms with Crippen LogP contribution in [0.1, 0.15) is 28.4 Å². The molecule has 6 aromatic carbocycles. The Hall–Kier alpha value is -5.00. The number of benzene rings is 6. The standard InChI is InChI=1S/C41H38N4/c1-28-25-30(27-44(3)43-41(42)32-15-8-5-9-16-32)21-23-34(28)35-24-22-33(26-29(35)2)45-39-20-11-10-17-37(39)38-19-12-18-36(40(38)45)31-13-6-4-7-14-31/h4-26,41,43H,27,42H2,1-3H3. The van der Waals surface area contributed by atoms with Gasteiger partial charge in [0.2, 0.25) is 0 Å². The Morgan fingerprint density at radius 3 is 2.02 bits per heavy atom. The van der Waals surface area contributed by atoms with E-state index in [1.165, 1.54) is 66.4 Å². The molecule has 1 unspecified atom stereocenters. The summed E-state index contributed by atoms with van der Waals surface area (Å²) in [5.74, 6) is 0. The lowest BCUT2D eigenvalue weighted by Gasteiger charge is -2.24. The Kier molecular flexibility index (Phi) is 7.78. The van der Waals surface area contributed by atoms with Crippen LogP contribution in [0, 0.1) is 13.8 Å². The summed E-state index contributed by atoms with van der Waals surface area (Å²) in [6.45, 7) is 5.17. The molecule has 0 spiro atoms. The molecule has 222 valence electrons. The van der Waals surface area contributed by atoms with Crippen molar-refractivity contribution in [2.75, 3.05) is 7.05 Å². The van der Waals surface area contributed by atoms with Crippen molar-refractivity contribution in [2.45, 2.75) is 26.6 Å². The van der Waals surface area contributed by atoms with Crippen LogP contribution in [0.2, 0.25) is 0 Å². The smallest absolute Gasteiger partial charge is 0.0940 e. The highest BCUT2D eigenvalue weighted by Gasteiger charge is 2.17. The number of nitrogens with zero attached hydrogens (tertiary/aromatic N) is 2. The van der Waals surface area contributed by atoms with Gasteiger partial charge in [0, 0.05) is 35.6 Å². The van der Waals surface area contributed by atoms with Gasteiger partial charge in [0.25, 0.3) is 0 Å². The Morgan fingerprint density at radius 1 is 0.644 bits per heavy atom. The van der Waals surface area contributed by atoms with E-state index in [-0.39, 0.29) is 6.17 Å². The van der Waals surface area contributed by atoms with Gasteiger partial charge in [0.15, 0.2) is 0 Å². The number of para-hydroxylation sites is 2. The van der Waals surface area contributed by atoms with E-state index < -0.39 is 0 Å². The van der Waals surface area contributed by atoms with E-state index in [1.54, 1.807) is 0 Å². The number of aryl methyl sites for hydroxylation is 2. The average molecular weight is 587 g/mol. The molecule has 0 bridgehead atoms. The average Bonchev–Trinajstić information content (AvgIpc) is 3.40. The first-order valence-corrected chi connectivity index (χ1v) is 15.5. The third-order valence-electron chi connectivity index (χ3n) is 8.77. The van der Waals surface area contributed by atoms with Crippen molar-refractivity contribution >= 4 is 21.8 Å². The van der Waals surface area contributed by atoms with Crippen molar-refractivity contribution < 1.29 is 0 Å². The first-order chi connectivity index (χ1) is 22.0. The summed E-state index contributed by atoms with van der Waals surface area (Å²) < 4.78 is 2.43. The fourth-order valence-electron chi connectivity index (χ4n) is 6.64. The zero-order chi connectivity index (χ0) is 30.9. The van der Waals surface area contributed by atoms with Crippen LogP contribution in [0.5, 0.6) is 0 Å². The minimum atomic E-state index is -0.254. The first kappa shape index (κ1) is 28.8. The van der Waals surface area contributed by atoms with Gasteiger partial charge in [0.1, 0.15) is 0 Å². The predicted molar refractivity (Wildman–Crippen MR) is 189 cm³/mol. The Balaban J connectivity index is 1.21. The third-order valence-corrected chi connectivity index (χ3v) is 8.77. The quantitative estimate of drug-likeness (QED) is 0.138. The maximum atomic E-state index is 6.39. The van der Waals surface area contributed by atoms with Crippen LogP contribution in [0.4, 0.5) is 0 Å². The SMILES string of the molecule is Cc1cc(CN(C)NC(N)c2ccccc2)ccc1-c1ccc(-n2c3ccccc3c3cccc(-c4ccccc4)c32)cc1C. The highest BCUT2D eigenvalue weighted by molar-refractivity contribution is 6.13. The molecule has 0 aliphatic carbocycles. The van der Waals surface area contributed by atoms with Crippen molar-refractivity contribution in [2.24, 2.45) is 5.73 Å².